The summed E-state index contributed by atoms with van der Waals surface area (Å²) >= 11 is 9.49. The van der Waals surface area contributed by atoms with E-state index in [9.17, 15) is 0 Å². The van der Waals surface area contributed by atoms with Crippen molar-refractivity contribution in [2.45, 2.75) is 12.4 Å². The minimum Gasteiger partial charge on any atom is -0.321 e. The number of benzene rings is 1. The van der Waals surface area contributed by atoms with Gasteiger partial charge in [0.05, 0.1) is 29.2 Å². The Kier molecular flexibility index (Phi) is 3.53. The Hall–Kier alpha value is -1.39. The molecular formula is C14H11BrClN3. The molecule has 0 bridgehead atoms. The van der Waals surface area contributed by atoms with Crippen molar-refractivity contribution in [3.63, 3.8) is 0 Å². The fraction of sp³-hybridized carbons (Fsp3) is 0.143. The number of halogens is 2. The Balaban J connectivity index is 2.12. The molecule has 3 aromatic rings. The normalized spacial score (nSPS) is 11.1. The molecular weight excluding hydrogens is 326 g/mol. The molecule has 96 valence electrons. The van der Waals surface area contributed by atoms with Crippen LogP contribution in [0.1, 0.15) is 11.5 Å². The minimum absolute atomic E-state index is 0.388. The molecule has 0 radical (unpaired) electrons. The van der Waals surface area contributed by atoms with Crippen LogP contribution in [0.15, 0.2) is 47.1 Å². The third-order valence-electron chi connectivity index (χ3n) is 2.96. The Labute approximate surface area is 124 Å². The number of fused-ring (bicyclic) bond motifs is 1. The van der Waals surface area contributed by atoms with E-state index in [1.165, 1.54) is 0 Å². The lowest BCUT2D eigenvalue weighted by molar-refractivity contribution is 0.758. The van der Waals surface area contributed by atoms with Gasteiger partial charge in [0.15, 0.2) is 0 Å². The molecule has 0 saturated heterocycles. The maximum Gasteiger partial charge on any atom is 0.125 e. The van der Waals surface area contributed by atoms with Crippen molar-refractivity contribution in [2.75, 3.05) is 0 Å². The van der Waals surface area contributed by atoms with E-state index < -0.39 is 0 Å². The van der Waals surface area contributed by atoms with E-state index in [-0.39, 0.29) is 0 Å². The summed E-state index contributed by atoms with van der Waals surface area (Å²) in [7, 11) is 0. The van der Waals surface area contributed by atoms with Crippen molar-refractivity contribution in [3.05, 3.63) is 58.6 Å². The number of hydrogen-bond donors (Lipinski definition) is 0. The van der Waals surface area contributed by atoms with Gasteiger partial charge in [0.2, 0.25) is 0 Å². The summed E-state index contributed by atoms with van der Waals surface area (Å²) < 4.78 is 3.14. The topological polar surface area (TPSA) is 30.7 Å². The predicted octanol–water partition coefficient (Wildman–Crippen LogP) is 3.98. The highest BCUT2D eigenvalue weighted by molar-refractivity contribution is 9.10. The van der Waals surface area contributed by atoms with E-state index >= 15 is 0 Å². The van der Waals surface area contributed by atoms with Crippen LogP contribution in [-0.4, -0.2) is 14.5 Å². The van der Waals surface area contributed by atoms with E-state index in [4.69, 9.17) is 11.6 Å². The molecule has 0 spiro atoms. The molecule has 5 heteroatoms. The molecule has 0 N–H and O–H groups in total. The van der Waals surface area contributed by atoms with Gasteiger partial charge in [-0.3, -0.25) is 4.98 Å². The first kappa shape index (κ1) is 12.6. The van der Waals surface area contributed by atoms with E-state index in [2.05, 4.69) is 36.5 Å². The lowest BCUT2D eigenvalue weighted by atomic mass is 10.3. The first-order valence-electron chi connectivity index (χ1n) is 5.88. The lowest BCUT2D eigenvalue weighted by Gasteiger charge is -2.07. The molecule has 2 heterocycles. The van der Waals surface area contributed by atoms with Crippen molar-refractivity contribution in [2.24, 2.45) is 0 Å². The van der Waals surface area contributed by atoms with E-state index in [0.717, 1.165) is 27.0 Å². The van der Waals surface area contributed by atoms with E-state index in [0.29, 0.717) is 12.4 Å². The van der Waals surface area contributed by atoms with Crippen LogP contribution in [0.2, 0.25) is 0 Å². The zero-order valence-electron chi connectivity index (χ0n) is 10.1. The molecule has 0 aliphatic rings. The number of alkyl halides is 1. The smallest absolute Gasteiger partial charge is 0.125 e. The monoisotopic (exact) mass is 335 g/mol. The lowest BCUT2D eigenvalue weighted by Crippen LogP contribution is -2.05. The third kappa shape index (κ3) is 2.51. The quantitative estimate of drug-likeness (QED) is 0.677. The largest absolute Gasteiger partial charge is 0.321 e. The van der Waals surface area contributed by atoms with Gasteiger partial charge in [0, 0.05) is 10.7 Å². The molecule has 1 aromatic carbocycles. The second-order valence-electron chi connectivity index (χ2n) is 4.20. The number of nitrogens with zero attached hydrogens (tertiary/aromatic N) is 3. The van der Waals surface area contributed by atoms with E-state index in [1.54, 1.807) is 6.20 Å². The first-order valence-corrected chi connectivity index (χ1v) is 7.21. The van der Waals surface area contributed by atoms with E-state index in [1.807, 2.05) is 30.3 Å². The minimum atomic E-state index is 0.388. The maximum atomic E-state index is 5.99. The Morgan fingerprint density at radius 1 is 1.21 bits per heavy atom. The summed E-state index contributed by atoms with van der Waals surface area (Å²) in [6, 6.07) is 11.9. The standard InChI is InChI=1S/C14H11BrClN3/c15-10-4-5-12-13(7-10)19(14(8-16)18-12)9-11-3-1-2-6-17-11/h1-7H,8-9H2. The second kappa shape index (κ2) is 5.31. The van der Waals surface area contributed by atoms with Gasteiger partial charge in [-0.25, -0.2) is 4.98 Å². The molecule has 0 saturated carbocycles. The molecule has 0 unspecified atom stereocenters. The number of hydrogen-bond acceptors (Lipinski definition) is 2. The Morgan fingerprint density at radius 3 is 2.84 bits per heavy atom. The molecule has 19 heavy (non-hydrogen) atoms. The highest BCUT2D eigenvalue weighted by Gasteiger charge is 2.11. The van der Waals surface area contributed by atoms with Crippen LogP contribution in [0.4, 0.5) is 0 Å². The number of pyridine rings is 1. The first-order chi connectivity index (χ1) is 9.28. The van der Waals surface area contributed by atoms with Crippen LogP contribution >= 0.6 is 27.5 Å². The molecule has 2 aromatic heterocycles. The molecule has 0 aliphatic carbocycles. The third-order valence-corrected chi connectivity index (χ3v) is 3.69. The van der Waals surface area contributed by atoms with Gasteiger partial charge >= 0.3 is 0 Å². The van der Waals surface area contributed by atoms with Gasteiger partial charge in [-0.1, -0.05) is 22.0 Å². The van der Waals surface area contributed by atoms with Crippen LogP contribution in [0.5, 0.6) is 0 Å². The summed E-state index contributed by atoms with van der Waals surface area (Å²) in [6.07, 6.45) is 1.80. The molecule has 3 rings (SSSR count). The SMILES string of the molecule is ClCc1nc2ccc(Br)cc2n1Cc1ccccn1. The van der Waals surface area contributed by atoms with Crippen molar-refractivity contribution >= 4 is 38.6 Å². The zero-order valence-corrected chi connectivity index (χ0v) is 12.4. The molecule has 0 fully saturated rings. The van der Waals surface area contributed by atoms with Crippen LogP contribution in [-0.2, 0) is 12.4 Å². The fourth-order valence-electron chi connectivity index (χ4n) is 2.08. The summed E-state index contributed by atoms with van der Waals surface area (Å²) in [4.78, 5) is 8.91. The van der Waals surface area contributed by atoms with Crippen molar-refractivity contribution in [1.29, 1.82) is 0 Å². The predicted molar refractivity (Wildman–Crippen MR) is 80.3 cm³/mol. The van der Waals surface area contributed by atoms with Crippen LogP contribution in [0.25, 0.3) is 11.0 Å². The molecule has 0 amide bonds. The van der Waals surface area contributed by atoms with Gasteiger partial charge in [0.1, 0.15) is 5.82 Å². The number of aromatic nitrogens is 3. The van der Waals surface area contributed by atoms with Gasteiger partial charge in [-0.2, -0.15) is 0 Å². The average Bonchev–Trinajstić information content (AvgIpc) is 2.78. The zero-order chi connectivity index (χ0) is 13.2. The highest BCUT2D eigenvalue weighted by Crippen LogP contribution is 2.22. The molecule has 3 nitrogen and oxygen atoms in total. The maximum absolute atomic E-state index is 5.99. The summed E-state index contributed by atoms with van der Waals surface area (Å²) in [5.74, 6) is 1.25. The summed E-state index contributed by atoms with van der Waals surface area (Å²) in [6.45, 7) is 0.676. The average molecular weight is 337 g/mol. The Morgan fingerprint density at radius 2 is 2.11 bits per heavy atom. The molecule has 0 atom stereocenters. The second-order valence-corrected chi connectivity index (χ2v) is 5.38. The van der Waals surface area contributed by atoms with Crippen molar-refractivity contribution in [1.82, 2.24) is 14.5 Å². The summed E-state index contributed by atoms with van der Waals surface area (Å²) in [5, 5.41) is 0. The van der Waals surface area contributed by atoms with Crippen LogP contribution < -0.4 is 0 Å². The van der Waals surface area contributed by atoms with Crippen LogP contribution in [0, 0.1) is 0 Å². The number of rotatable bonds is 3. The highest BCUT2D eigenvalue weighted by atomic mass is 79.9. The van der Waals surface area contributed by atoms with Gasteiger partial charge in [-0.15, -0.1) is 11.6 Å². The van der Waals surface area contributed by atoms with Gasteiger partial charge in [-0.05, 0) is 30.3 Å². The Bertz CT molecular complexity index is 709. The number of imidazole rings is 1. The van der Waals surface area contributed by atoms with Crippen molar-refractivity contribution < 1.29 is 0 Å². The van der Waals surface area contributed by atoms with Crippen molar-refractivity contribution in [3.8, 4) is 0 Å². The fourth-order valence-corrected chi connectivity index (χ4v) is 2.63. The summed E-state index contributed by atoms with van der Waals surface area (Å²) in [5.41, 5.74) is 3.01. The van der Waals surface area contributed by atoms with Gasteiger partial charge < -0.3 is 4.57 Å². The van der Waals surface area contributed by atoms with Gasteiger partial charge in [0.25, 0.3) is 0 Å². The molecule has 0 aliphatic heterocycles. The van der Waals surface area contributed by atoms with Crippen LogP contribution in [0.3, 0.4) is 0 Å².